The van der Waals surface area contributed by atoms with E-state index in [4.69, 9.17) is 0 Å². The Kier molecular flexibility index (Phi) is 3.83. The topological polar surface area (TPSA) is 32.3 Å². The highest BCUT2D eigenvalue weighted by Gasteiger charge is 2.18. The Bertz CT molecular complexity index is 573. The number of anilines is 1. The smallest absolute Gasteiger partial charge is 0.161 e. The zero-order chi connectivity index (χ0) is 13.9. The zero-order valence-electron chi connectivity index (χ0n) is 12.3. The van der Waals surface area contributed by atoms with Gasteiger partial charge in [-0.2, -0.15) is 0 Å². The van der Waals surface area contributed by atoms with E-state index in [0.29, 0.717) is 0 Å². The Hall–Kier alpha value is -1.68. The molecule has 0 aromatic carbocycles. The third kappa shape index (κ3) is 2.90. The molecule has 4 heteroatoms. The fraction of sp³-hybridized carbons (Fsp3) is 0.500. The average molecular weight is 270 g/mol. The summed E-state index contributed by atoms with van der Waals surface area (Å²) < 4.78 is 0. The Morgan fingerprint density at radius 1 is 1.10 bits per heavy atom. The van der Waals surface area contributed by atoms with Crippen LogP contribution in [0.3, 0.4) is 0 Å². The molecule has 0 atom stereocenters. The number of nitrogens with zero attached hydrogens (tertiary/aromatic N) is 4. The van der Waals surface area contributed by atoms with Gasteiger partial charge in [0.2, 0.25) is 0 Å². The fourth-order valence-corrected chi connectivity index (χ4v) is 2.80. The SMILES string of the molecule is CC(C)CN1CCN(c2ccc3cccnc3n2)CC1. The zero-order valence-corrected chi connectivity index (χ0v) is 12.3. The Labute approximate surface area is 120 Å². The molecule has 0 spiro atoms. The summed E-state index contributed by atoms with van der Waals surface area (Å²) in [6.07, 6.45) is 1.81. The molecule has 1 fully saturated rings. The van der Waals surface area contributed by atoms with Crippen molar-refractivity contribution < 1.29 is 0 Å². The lowest BCUT2D eigenvalue weighted by Crippen LogP contribution is -2.47. The molecule has 0 amide bonds. The van der Waals surface area contributed by atoms with Gasteiger partial charge in [-0.1, -0.05) is 13.8 Å². The van der Waals surface area contributed by atoms with Crippen LogP contribution in [-0.4, -0.2) is 47.6 Å². The number of hydrogen-bond acceptors (Lipinski definition) is 4. The number of piperazine rings is 1. The van der Waals surface area contributed by atoms with Gasteiger partial charge in [-0.15, -0.1) is 0 Å². The van der Waals surface area contributed by atoms with Crippen LogP contribution in [0.15, 0.2) is 30.5 Å². The molecule has 0 aliphatic carbocycles. The molecule has 0 saturated carbocycles. The monoisotopic (exact) mass is 270 g/mol. The van der Waals surface area contributed by atoms with Crippen molar-refractivity contribution in [3.05, 3.63) is 30.5 Å². The molecular formula is C16H22N4. The van der Waals surface area contributed by atoms with E-state index in [-0.39, 0.29) is 0 Å². The second-order valence-corrected chi connectivity index (χ2v) is 5.90. The van der Waals surface area contributed by atoms with Gasteiger partial charge < -0.3 is 4.90 Å². The van der Waals surface area contributed by atoms with Gasteiger partial charge in [-0.25, -0.2) is 9.97 Å². The summed E-state index contributed by atoms with van der Waals surface area (Å²) in [6, 6.07) is 8.24. The molecule has 1 aliphatic rings. The third-order valence-electron chi connectivity index (χ3n) is 3.77. The molecule has 1 aliphatic heterocycles. The predicted molar refractivity (Wildman–Crippen MR) is 83.0 cm³/mol. The minimum Gasteiger partial charge on any atom is -0.354 e. The van der Waals surface area contributed by atoms with Crippen LogP contribution in [0.5, 0.6) is 0 Å². The fourth-order valence-electron chi connectivity index (χ4n) is 2.80. The molecule has 4 nitrogen and oxygen atoms in total. The minimum absolute atomic E-state index is 0.740. The van der Waals surface area contributed by atoms with Crippen LogP contribution in [0.1, 0.15) is 13.8 Å². The molecule has 20 heavy (non-hydrogen) atoms. The molecular weight excluding hydrogens is 248 g/mol. The summed E-state index contributed by atoms with van der Waals surface area (Å²) in [5.41, 5.74) is 0.842. The van der Waals surface area contributed by atoms with E-state index in [1.165, 1.54) is 6.54 Å². The normalized spacial score (nSPS) is 17.1. The third-order valence-corrected chi connectivity index (χ3v) is 3.77. The first-order valence-electron chi connectivity index (χ1n) is 7.41. The maximum Gasteiger partial charge on any atom is 0.161 e. The van der Waals surface area contributed by atoms with E-state index in [1.54, 1.807) is 6.20 Å². The van der Waals surface area contributed by atoms with Crippen LogP contribution in [0.25, 0.3) is 11.0 Å². The summed E-state index contributed by atoms with van der Waals surface area (Å²) >= 11 is 0. The van der Waals surface area contributed by atoms with E-state index in [2.05, 4.69) is 51.8 Å². The molecule has 0 radical (unpaired) electrons. The van der Waals surface area contributed by atoms with Gasteiger partial charge in [0.1, 0.15) is 5.82 Å². The van der Waals surface area contributed by atoms with Gasteiger partial charge in [-0.3, -0.25) is 4.90 Å². The van der Waals surface area contributed by atoms with E-state index in [9.17, 15) is 0 Å². The maximum absolute atomic E-state index is 4.68. The molecule has 106 valence electrons. The van der Waals surface area contributed by atoms with Gasteiger partial charge in [0, 0.05) is 44.3 Å². The van der Waals surface area contributed by atoms with Crippen LogP contribution < -0.4 is 4.90 Å². The summed E-state index contributed by atoms with van der Waals surface area (Å²) in [5.74, 6) is 1.80. The first-order valence-corrected chi connectivity index (χ1v) is 7.41. The highest BCUT2D eigenvalue weighted by Crippen LogP contribution is 2.18. The second-order valence-electron chi connectivity index (χ2n) is 5.90. The maximum atomic E-state index is 4.68. The molecule has 3 rings (SSSR count). The van der Waals surface area contributed by atoms with E-state index in [0.717, 1.165) is 48.9 Å². The van der Waals surface area contributed by atoms with Crippen LogP contribution in [0, 0.1) is 5.92 Å². The van der Waals surface area contributed by atoms with Crippen molar-refractivity contribution in [2.24, 2.45) is 5.92 Å². The van der Waals surface area contributed by atoms with E-state index in [1.807, 2.05) is 6.07 Å². The molecule has 2 aromatic rings. The molecule has 0 unspecified atom stereocenters. The van der Waals surface area contributed by atoms with Gasteiger partial charge in [-0.05, 0) is 30.2 Å². The summed E-state index contributed by atoms with van der Waals surface area (Å²) in [7, 11) is 0. The first kappa shape index (κ1) is 13.3. The van der Waals surface area contributed by atoms with Crippen molar-refractivity contribution in [2.45, 2.75) is 13.8 Å². The average Bonchev–Trinajstić information content (AvgIpc) is 2.47. The van der Waals surface area contributed by atoms with Crippen molar-refractivity contribution >= 4 is 16.9 Å². The lowest BCUT2D eigenvalue weighted by atomic mass is 10.2. The summed E-state index contributed by atoms with van der Waals surface area (Å²) in [5, 5.41) is 1.11. The largest absolute Gasteiger partial charge is 0.354 e. The molecule has 3 heterocycles. The van der Waals surface area contributed by atoms with Crippen molar-refractivity contribution in [1.82, 2.24) is 14.9 Å². The van der Waals surface area contributed by atoms with Crippen LogP contribution in [-0.2, 0) is 0 Å². The number of fused-ring (bicyclic) bond motifs is 1. The highest BCUT2D eigenvalue weighted by molar-refractivity contribution is 5.76. The second kappa shape index (κ2) is 5.75. The van der Waals surface area contributed by atoms with Gasteiger partial charge in [0.15, 0.2) is 5.65 Å². The standard InChI is InChI=1S/C16H22N4/c1-13(2)12-19-8-10-20(11-9-19)15-6-5-14-4-3-7-17-16(14)18-15/h3-7,13H,8-12H2,1-2H3. The number of aromatic nitrogens is 2. The van der Waals surface area contributed by atoms with E-state index < -0.39 is 0 Å². The molecule has 0 bridgehead atoms. The molecule has 0 N–H and O–H groups in total. The summed E-state index contributed by atoms with van der Waals surface area (Å²) in [4.78, 5) is 13.9. The van der Waals surface area contributed by atoms with Crippen molar-refractivity contribution in [1.29, 1.82) is 0 Å². The van der Waals surface area contributed by atoms with Crippen LogP contribution >= 0.6 is 0 Å². The van der Waals surface area contributed by atoms with Gasteiger partial charge in [0.25, 0.3) is 0 Å². The Morgan fingerprint density at radius 2 is 1.90 bits per heavy atom. The predicted octanol–water partition coefficient (Wildman–Crippen LogP) is 2.41. The Balaban J connectivity index is 1.70. The lowest BCUT2D eigenvalue weighted by Gasteiger charge is -2.36. The van der Waals surface area contributed by atoms with Gasteiger partial charge >= 0.3 is 0 Å². The van der Waals surface area contributed by atoms with E-state index >= 15 is 0 Å². The number of rotatable bonds is 3. The number of hydrogen-bond donors (Lipinski definition) is 0. The van der Waals surface area contributed by atoms with Crippen LogP contribution in [0.4, 0.5) is 5.82 Å². The molecule has 2 aromatic heterocycles. The highest BCUT2D eigenvalue weighted by atomic mass is 15.3. The van der Waals surface area contributed by atoms with Crippen LogP contribution in [0.2, 0.25) is 0 Å². The van der Waals surface area contributed by atoms with Crippen molar-refractivity contribution in [2.75, 3.05) is 37.6 Å². The van der Waals surface area contributed by atoms with Crippen molar-refractivity contribution in [3.63, 3.8) is 0 Å². The van der Waals surface area contributed by atoms with Crippen molar-refractivity contribution in [3.8, 4) is 0 Å². The molecule has 1 saturated heterocycles. The minimum atomic E-state index is 0.740. The quantitative estimate of drug-likeness (QED) is 0.857. The number of pyridine rings is 2. The Morgan fingerprint density at radius 3 is 2.65 bits per heavy atom. The van der Waals surface area contributed by atoms with Gasteiger partial charge in [0.05, 0.1) is 0 Å². The first-order chi connectivity index (χ1) is 9.72. The lowest BCUT2D eigenvalue weighted by molar-refractivity contribution is 0.231. The summed E-state index contributed by atoms with van der Waals surface area (Å²) in [6.45, 7) is 10.1.